The molecule has 1 unspecified atom stereocenters. The van der Waals surface area contributed by atoms with Crippen LogP contribution in [0.1, 0.15) is 12.0 Å². The molecular weight excluding hydrogens is 424 g/mol. The fourth-order valence-corrected chi connectivity index (χ4v) is 4.97. The molecule has 1 atom stereocenters. The Hall–Kier alpha value is -2.95. The van der Waals surface area contributed by atoms with Gasteiger partial charge < -0.3 is 15.4 Å². The normalized spacial score (nSPS) is 16.6. The van der Waals surface area contributed by atoms with Gasteiger partial charge in [-0.3, -0.25) is 9.52 Å². The molecule has 1 aromatic heterocycles. The van der Waals surface area contributed by atoms with Gasteiger partial charge >= 0.3 is 0 Å². The van der Waals surface area contributed by atoms with Gasteiger partial charge in [-0.05, 0) is 42.0 Å². The number of hydrogen-bond acceptors (Lipinski definition) is 7. The molecule has 3 N–H and O–H groups in total. The highest BCUT2D eigenvalue weighted by Crippen LogP contribution is 2.27. The van der Waals surface area contributed by atoms with E-state index in [-0.39, 0.29) is 10.8 Å². The molecule has 1 saturated heterocycles. The number of aromatic nitrogens is 1. The molecule has 8 nitrogen and oxygen atoms in total. The monoisotopic (exact) mass is 444 g/mol. The van der Waals surface area contributed by atoms with Crippen LogP contribution in [0.5, 0.6) is 5.75 Å². The Kier molecular flexibility index (Phi) is 5.71. The zero-order valence-electron chi connectivity index (χ0n) is 15.9. The molecule has 1 aliphatic heterocycles. The van der Waals surface area contributed by atoms with Crippen LogP contribution in [-0.4, -0.2) is 32.0 Å². The van der Waals surface area contributed by atoms with Crippen LogP contribution >= 0.6 is 11.3 Å². The summed E-state index contributed by atoms with van der Waals surface area (Å²) in [5.74, 6) is 0.442. The van der Waals surface area contributed by atoms with Crippen LogP contribution in [0.3, 0.4) is 0 Å². The molecule has 3 aromatic rings. The first-order chi connectivity index (χ1) is 14.5. The lowest BCUT2D eigenvalue weighted by Crippen LogP contribution is -2.32. The summed E-state index contributed by atoms with van der Waals surface area (Å²) in [4.78, 5) is 18.4. The maximum atomic E-state index is 12.8. The van der Waals surface area contributed by atoms with Gasteiger partial charge in [0.25, 0.3) is 15.9 Å². The molecule has 10 heteroatoms. The van der Waals surface area contributed by atoms with E-state index < -0.39 is 16.1 Å². The largest absolute Gasteiger partial charge is 0.481 e. The first-order valence-electron chi connectivity index (χ1n) is 9.26. The summed E-state index contributed by atoms with van der Waals surface area (Å²) in [6.45, 7) is 0.887. The third-order valence-corrected chi connectivity index (χ3v) is 6.85. The lowest BCUT2D eigenvalue weighted by Gasteiger charge is -2.18. The summed E-state index contributed by atoms with van der Waals surface area (Å²) in [7, 11) is -3.74. The van der Waals surface area contributed by atoms with Gasteiger partial charge in [0.15, 0.2) is 11.2 Å². The number of sulfonamides is 1. The van der Waals surface area contributed by atoms with Crippen LogP contribution in [0.2, 0.25) is 0 Å². The van der Waals surface area contributed by atoms with Crippen molar-refractivity contribution in [3.63, 3.8) is 0 Å². The Labute approximate surface area is 178 Å². The van der Waals surface area contributed by atoms with E-state index in [1.807, 2.05) is 18.2 Å². The van der Waals surface area contributed by atoms with Gasteiger partial charge in [0.2, 0.25) is 0 Å². The molecule has 156 valence electrons. The fourth-order valence-electron chi connectivity index (χ4n) is 3.18. The van der Waals surface area contributed by atoms with Crippen molar-refractivity contribution in [3.8, 4) is 5.75 Å². The average Bonchev–Trinajstić information content (AvgIpc) is 3.38. The SMILES string of the molecule is NCc1cccc(OC2CCN(c3ccc(S(=O)(=O)Nc4nccs4)cc3)C2=O)c1. The number of nitrogens with zero attached hydrogens (tertiary/aromatic N) is 2. The lowest BCUT2D eigenvalue weighted by molar-refractivity contribution is -0.122. The lowest BCUT2D eigenvalue weighted by atomic mass is 10.2. The highest BCUT2D eigenvalue weighted by Gasteiger charge is 2.34. The number of hydrogen-bond donors (Lipinski definition) is 2. The van der Waals surface area contributed by atoms with Crippen molar-refractivity contribution in [2.75, 3.05) is 16.2 Å². The number of carbonyl (C=O) groups is 1. The second kappa shape index (κ2) is 8.42. The molecule has 0 saturated carbocycles. The highest BCUT2D eigenvalue weighted by atomic mass is 32.2. The van der Waals surface area contributed by atoms with Gasteiger partial charge in [-0.25, -0.2) is 13.4 Å². The van der Waals surface area contributed by atoms with Crippen LogP contribution in [0, 0.1) is 0 Å². The van der Waals surface area contributed by atoms with Gasteiger partial charge in [-0.15, -0.1) is 11.3 Å². The molecule has 2 aromatic carbocycles. The molecule has 1 fully saturated rings. The number of nitrogens with one attached hydrogen (secondary N) is 1. The molecule has 1 aliphatic rings. The van der Waals surface area contributed by atoms with E-state index in [1.165, 1.54) is 29.7 Å². The number of nitrogens with two attached hydrogens (primary N) is 1. The summed E-state index contributed by atoms with van der Waals surface area (Å²) in [6.07, 6.45) is 1.47. The van der Waals surface area contributed by atoms with Crippen molar-refractivity contribution in [1.82, 2.24) is 4.98 Å². The van der Waals surface area contributed by atoms with Crippen LogP contribution in [-0.2, 0) is 21.4 Å². The standard InChI is InChI=1S/C20H20N4O4S2/c21-13-14-2-1-3-16(12-14)28-18-8-10-24(19(18)25)15-4-6-17(7-5-15)30(26,27)23-20-22-9-11-29-20/h1-7,9,11-12,18H,8,10,13,21H2,(H,22,23). The first-order valence-corrected chi connectivity index (χ1v) is 11.6. The topological polar surface area (TPSA) is 115 Å². The number of rotatable bonds is 7. The summed E-state index contributed by atoms with van der Waals surface area (Å²) < 4.78 is 33.2. The van der Waals surface area contributed by atoms with Crippen LogP contribution in [0.25, 0.3) is 0 Å². The molecule has 2 heterocycles. The van der Waals surface area contributed by atoms with Crippen molar-refractivity contribution in [2.24, 2.45) is 5.73 Å². The molecular formula is C20H20N4O4S2. The second-order valence-corrected chi connectivity index (χ2v) is 9.25. The minimum absolute atomic E-state index is 0.0968. The Balaban J connectivity index is 1.45. The Morgan fingerprint density at radius 2 is 2.03 bits per heavy atom. The van der Waals surface area contributed by atoms with Crippen molar-refractivity contribution in [2.45, 2.75) is 24.0 Å². The number of benzene rings is 2. The van der Waals surface area contributed by atoms with Gasteiger partial charge in [0.05, 0.1) is 4.90 Å². The van der Waals surface area contributed by atoms with Crippen molar-refractivity contribution < 1.29 is 17.9 Å². The maximum absolute atomic E-state index is 12.8. The van der Waals surface area contributed by atoms with Crippen molar-refractivity contribution in [3.05, 3.63) is 65.7 Å². The third-order valence-electron chi connectivity index (χ3n) is 4.68. The summed E-state index contributed by atoms with van der Waals surface area (Å²) >= 11 is 1.20. The van der Waals surface area contributed by atoms with E-state index in [9.17, 15) is 13.2 Å². The molecule has 0 spiro atoms. The van der Waals surface area contributed by atoms with Gasteiger partial charge in [0.1, 0.15) is 5.75 Å². The summed E-state index contributed by atoms with van der Waals surface area (Å²) in [5, 5.41) is 1.98. The summed E-state index contributed by atoms with van der Waals surface area (Å²) in [6, 6.07) is 13.5. The van der Waals surface area contributed by atoms with Gasteiger partial charge in [-0.2, -0.15) is 0 Å². The van der Waals surface area contributed by atoms with E-state index >= 15 is 0 Å². The number of thiazole rings is 1. The van der Waals surface area contributed by atoms with E-state index in [0.717, 1.165) is 5.56 Å². The number of anilines is 2. The Morgan fingerprint density at radius 1 is 1.23 bits per heavy atom. The van der Waals surface area contributed by atoms with E-state index in [2.05, 4.69) is 9.71 Å². The van der Waals surface area contributed by atoms with E-state index in [1.54, 1.807) is 28.5 Å². The van der Waals surface area contributed by atoms with E-state index in [4.69, 9.17) is 10.5 Å². The van der Waals surface area contributed by atoms with Crippen LogP contribution < -0.4 is 20.1 Å². The van der Waals surface area contributed by atoms with Crippen LogP contribution in [0.4, 0.5) is 10.8 Å². The number of ether oxygens (including phenoxy) is 1. The minimum atomic E-state index is -3.74. The van der Waals surface area contributed by atoms with Crippen molar-refractivity contribution >= 4 is 38.1 Å². The molecule has 0 aliphatic carbocycles. The predicted octanol–water partition coefficient (Wildman–Crippen LogP) is 2.59. The van der Waals surface area contributed by atoms with Crippen LogP contribution in [0.15, 0.2) is 65.0 Å². The predicted molar refractivity (Wildman–Crippen MR) is 115 cm³/mol. The third kappa shape index (κ3) is 4.30. The Morgan fingerprint density at radius 3 is 2.73 bits per heavy atom. The molecule has 30 heavy (non-hydrogen) atoms. The quantitative estimate of drug-likeness (QED) is 0.579. The molecule has 0 radical (unpaired) electrons. The molecule has 4 rings (SSSR count). The minimum Gasteiger partial charge on any atom is -0.481 e. The fraction of sp³-hybridized carbons (Fsp3) is 0.200. The zero-order valence-corrected chi connectivity index (χ0v) is 17.5. The first kappa shape index (κ1) is 20.3. The molecule has 0 bridgehead atoms. The summed E-state index contributed by atoms with van der Waals surface area (Å²) in [5.41, 5.74) is 7.20. The van der Waals surface area contributed by atoms with Gasteiger partial charge in [-0.1, -0.05) is 12.1 Å². The maximum Gasteiger partial charge on any atom is 0.268 e. The number of amides is 1. The Bertz CT molecular complexity index is 1130. The van der Waals surface area contributed by atoms with Crippen molar-refractivity contribution in [1.29, 1.82) is 0 Å². The van der Waals surface area contributed by atoms with Gasteiger partial charge in [0, 0.05) is 36.8 Å². The number of carbonyl (C=O) groups excluding carboxylic acids is 1. The average molecular weight is 445 g/mol. The highest BCUT2D eigenvalue weighted by molar-refractivity contribution is 7.93. The van der Waals surface area contributed by atoms with E-state index in [0.29, 0.717) is 36.1 Å². The zero-order chi connectivity index (χ0) is 21.1. The molecule has 1 amide bonds. The second-order valence-electron chi connectivity index (χ2n) is 6.67. The smallest absolute Gasteiger partial charge is 0.268 e.